The molecule has 0 fully saturated rings. The minimum absolute atomic E-state index is 0. The molecule has 0 amide bonds. The molecule has 0 heterocycles. The molecule has 0 saturated carbocycles. The minimum Gasteiger partial charge on any atom is -1.00 e. The Balaban J connectivity index is -0.0000000232. The zero-order valence-corrected chi connectivity index (χ0v) is 46.0. The van der Waals surface area contributed by atoms with Crippen LogP contribution < -0.4 is 265 Å². The van der Waals surface area contributed by atoms with E-state index in [1.165, 1.54) is 0 Å². The van der Waals surface area contributed by atoms with E-state index in [4.69, 9.17) is 13.0 Å². The van der Waals surface area contributed by atoms with Crippen LogP contribution >= 0.6 is 15.9 Å². The molecule has 31 heteroatoms. The van der Waals surface area contributed by atoms with E-state index in [1.807, 2.05) is 4.18 Å². The first-order chi connectivity index (χ1) is 17.3. The summed E-state index contributed by atoms with van der Waals surface area (Å²) in [6.07, 6.45) is -18.1. The van der Waals surface area contributed by atoms with Gasteiger partial charge in [-0.2, -0.15) is 52.1 Å². The maximum absolute atomic E-state index is 11.2. The predicted molar refractivity (Wildman–Crippen MR) is 101 cm³/mol. The average molecular weight is 1160 g/mol. The van der Waals surface area contributed by atoms with Gasteiger partial charge in [-0.1, -0.05) is 35.5 Å². The number of rotatable bonds is 4. The molecule has 0 aliphatic rings. The molecule has 0 aromatic rings. The molecule has 0 saturated heterocycles. The maximum atomic E-state index is 11.2. The van der Waals surface area contributed by atoms with Crippen molar-refractivity contribution in [1.82, 2.24) is 0 Å². The number of hydrogen-bond acceptors (Lipinski definition) is 6. The van der Waals surface area contributed by atoms with Crippen molar-refractivity contribution >= 4 is 26.0 Å². The number of alkyl halides is 18. The molecule has 0 radical (unpaired) electrons. The van der Waals surface area contributed by atoms with Crippen molar-refractivity contribution in [2.24, 2.45) is 0 Å². The summed E-state index contributed by atoms with van der Waals surface area (Å²) in [4.78, 5) is 0. The molecule has 45 heavy (non-hydrogen) atoms. The van der Waals surface area contributed by atoms with E-state index in [9.17, 15) is 83.1 Å². The van der Waals surface area contributed by atoms with E-state index < -0.39 is 62.0 Å². The van der Waals surface area contributed by atoms with Crippen LogP contribution in [0, 0.1) is 0 Å². The molecule has 0 aromatic heterocycles. The summed E-state index contributed by atoms with van der Waals surface area (Å²) in [6.45, 7) is 5.99. The molecule has 0 unspecified atom stereocenters. The van der Waals surface area contributed by atoms with E-state index >= 15 is 0 Å². The predicted octanol–water partition coefficient (Wildman–Crippen LogP) is -11.8. The summed E-state index contributed by atoms with van der Waals surface area (Å²) in [5.74, 6) is 0. The molecule has 0 rings (SSSR count). The molecule has 0 aliphatic carbocycles. The van der Waals surface area contributed by atoms with Crippen molar-refractivity contribution in [3.8, 4) is 0 Å². The van der Waals surface area contributed by atoms with Gasteiger partial charge in [0.2, 0.25) is 0 Å². The minimum atomic E-state index is -6.58. The van der Waals surface area contributed by atoms with Crippen LogP contribution in [0.15, 0.2) is 25.3 Å². The first kappa shape index (κ1) is 84.0. The molecule has 0 aromatic carbocycles. The van der Waals surface area contributed by atoms with Gasteiger partial charge in [-0.25, -0.2) is 0 Å². The molecule has 0 spiro atoms. The van der Waals surface area contributed by atoms with Gasteiger partial charge in [0.25, 0.3) is 0 Å². The van der Waals surface area contributed by atoms with Crippen LogP contribution in [-0.2, 0) is 19.0 Å². The molecule has 0 aliphatic heterocycles. The Morgan fingerprint density at radius 3 is 0.978 bits per heavy atom. The first-order valence-electron chi connectivity index (χ1n) is 8.49. The molecular weight excluding hydrogens is 1140 g/mol. The summed E-state index contributed by atoms with van der Waals surface area (Å²) < 4.78 is 213. The summed E-state index contributed by atoms with van der Waals surface area (Å²) in [6, 6.07) is 0. The van der Waals surface area contributed by atoms with Crippen LogP contribution in [0.25, 0.3) is 0 Å². The van der Waals surface area contributed by atoms with Crippen LogP contribution in [-0.4, -0.2) is 65.6 Å². The van der Waals surface area contributed by atoms with Crippen LogP contribution in [0.2, 0.25) is 0 Å². The normalized spacial score (nSPS) is 10.0. The first-order valence-corrected chi connectivity index (χ1v) is 9.61. The third-order valence-electron chi connectivity index (χ3n) is 0.962. The fourth-order valence-electron chi connectivity index (χ4n) is 0.325. The Kier molecular flexibility index (Phi) is 97.6. The zero-order valence-electron chi connectivity index (χ0n) is 24.3. The second-order valence-electron chi connectivity index (χ2n) is 3.81. The molecule has 0 bridgehead atoms. The Labute approximate surface area is 464 Å². The van der Waals surface area contributed by atoms with E-state index in [1.54, 1.807) is 6.08 Å². The Bertz CT molecular complexity index is 667. The average Bonchev–Trinajstić information content (AvgIpc) is 2.62. The number of ether oxygens (including phenoxy) is 1. The number of hydrogen-bond donors (Lipinski definition) is 0. The van der Waals surface area contributed by atoms with Gasteiger partial charge in [0.05, 0.1) is 23.7 Å². The van der Waals surface area contributed by atoms with Crippen LogP contribution in [0.3, 0.4) is 0 Å². The quantitative estimate of drug-likeness (QED) is 0.0914. The summed E-state index contributed by atoms with van der Waals surface area (Å²) >= 11 is 3.13. The molecular formula is C14H20Br2F18O6Rb4S. The van der Waals surface area contributed by atoms with Gasteiger partial charge in [0.15, 0.2) is 0 Å². The molecule has 262 valence electrons. The van der Waals surface area contributed by atoms with Crippen molar-refractivity contribution in [2.75, 3.05) is 26.2 Å². The van der Waals surface area contributed by atoms with Crippen molar-refractivity contribution in [3.05, 3.63) is 25.3 Å². The van der Waals surface area contributed by atoms with Crippen LogP contribution in [0.1, 0.15) is 10.2 Å². The number of halogens is 20. The van der Waals surface area contributed by atoms with Crippen molar-refractivity contribution in [1.29, 1.82) is 0 Å². The molecule has 0 atom stereocenters. The fourth-order valence-corrected chi connectivity index (χ4v) is 0.668. The summed E-state index contributed by atoms with van der Waals surface area (Å²) in [5.41, 5.74) is -6.07. The van der Waals surface area contributed by atoms with Gasteiger partial charge < -0.3 is 31.9 Å². The van der Waals surface area contributed by atoms with Crippen molar-refractivity contribution in [2.45, 2.75) is 38.4 Å². The third-order valence-corrected chi connectivity index (χ3v) is 2.39. The Morgan fingerprint density at radius 1 is 0.733 bits per heavy atom. The van der Waals surface area contributed by atoms with Crippen molar-refractivity contribution in [3.63, 3.8) is 0 Å². The van der Waals surface area contributed by atoms with E-state index in [2.05, 4.69) is 33.8 Å². The maximum Gasteiger partial charge on any atom is 1.00 e. The topological polar surface area (TPSA) is 98.7 Å². The monoisotopic (exact) mass is 1160 g/mol. The second kappa shape index (κ2) is 52.3. The number of allylic oxidation sites excluding steroid dienone is 1. The molecule has 6 nitrogen and oxygen atoms in total. The summed E-state index contributed by atoms with van der Waals surface area (Å²) in [7, 11) is -8.58. The Morgan fingerprint density at radius 2 is 0.933 bits per heavy atom. The standard InChI is InChI=1S/C4H5F3O.C3H5Br.C2F6O3S.2CF3O.2CH3F.CH4.BrH.FH.4Rb/c1-2-3-8-4(5,6)7;1-2-3-4;3-1(4,5)11-12(9,10)2(6,7)8;2*2-1(3,4)5;2*1-2;;;;;;;/h2H,1,3H2;2H,1,3H2;;;;2*1H3;1H4;2*1H;;;;/q;;;2*-1;;;;;;4*+1/p-2/i;;;;;2*1D;;;;;;;. The van der Waals surface area contributed by atoms with Gasteiger partial charge in [-0.15, -0.1) is 39.5 Å². The fraction of sp³-hybridized carbons (Fsp3) is 0.714. The zero-order chi connectivity index (χ0) is 34.7. The van der Waals surface area contributed by atoms with E-state index in [0.717, 1.165) is 11.4 Å². The van der Waals surface area contributed by atoms with Gasteiger partial charge in [-0.3, -0.25) is 13.5 Å². The van der Waals surface area contributed by atoms with E-state index in [0.29, 0.717) is 0 Å². The van der Waals surface area contributed by atoms with Crippen LogP contribution in [0.5, 0.6) is 0 Å². The SMILES string of the molecule is C.C=CCBr.C=CCOC(F)(F)F.O=S(=O)(OC(F)(F)F)C(F)(F)F.[2H]CF.[2H]CF.[Br-].[F-].[O-]C(F)(F)F.[O-]C(F)(F)F.[Rb+].[Rb+].[Rb+].[Rb+]. The van der Waals surface area contributed by atoms with Crippen molar-refractivity contribution < 1.29 is 359 Å². The smallest absolute Gasteiger partial charge is 1.00 e. The van der Waals surface area contributed by atoms with Gasteiger partial charge >= 0.3 is 274 Å². The van der Waals surface area contributed by atoms with Crippen LogP contribution in [0.4, 0.5) is 74.6 Å². The Hall–Kier alpha value is 6.19. The largest absolute Gasteiger partial charge is 1.00 e. The molecule has 0 N–H and O–H groups in total. The third kappa shape index (κ3) is 158. The van der Waals surface area contributed by atoms with Gasteiger partial charge in [-0.05, 0) is 0 Å². The summed E-state index contributed by atoms with van der Waals surface area (Å²) in [5, 5.41) is 17.1. The van der Waals surface area contributed by atoms with Gasteiger partial charge in [0.1, 0.15) is 0 Å². The van der Waals surface area contributed by atoms with E-state index in [-0.39, 0.29) is 262 Å². The van der Waals surface area contributed by atoms with Gasteiger partial charge in [0, 0.05) is 5.33 Å². The second-order valence-corrected chi connectivity index (χ2v) is 5.99.